The third-order valence-electron chi connectivity index (χ3n) is 40.4. The molecule has 0 radical (unpaired) electrons. The highest BCUT2D eigenvalue weighted by molar-refractivity contribution is 5.35. The Labute approximate surface area is 791 Å². The van der Waals surface area contributed by atoms with Gasteiger partial charge in [0.25, 0.3) is 0 Å². The van der Waals surface area contributed by atoms with Crippen molar-refractivity contribution in [2.45, 2.75) is 466 Å². The summed E-state index contributed by atoms with van der Waals surface area (Å²) in [5, 5.41) is 84.6. The van der Waals surface area contributed by atoms with Crippen molar-refractivity contribution in [2.75, 3.05) is 26.4 Å². The number of rotatable bonds is 29. The summed E-state index contributed by atoms with van der Waals surface area (Å²) in [6, 6.07) is 8.60. The normalized spacial score (nSPS) is 37.9. The van der Waals surface area contributed by atoms with E-state index in [-0.39, 0.29) is 70.5 Å². The molecule has 0 amide bonds. The lowest BCUT2D eigenvalue weighted by Crippen LogP contribution is -2.39. The number of aliphatic hydroxyl groups excluding tert-OH is 8. The molecule has 732 valence electrons. The maximum absolute atomic E-state index is 10.6. The van der Waals surface area contributed by atoms with Crippen molar-refractivity contribution in [1.82, 2.24) is 0 Å². The van der Waals surface area contributed by atoms with Gasteiger partial charge in [0.15, 0.2) is 0 Å². The summed E-state index contributed by atoms with van der Waals surface area (Å²) in [5.74, 6) is 9.70. The van der Waals surface area contributed by atoms with Gasteiger partial charge >= 0.3 is 0 Å². The predicted molar refractivity (Wildman–Crippen MR) is 532 cm³/mol. The van der Waals surface area contributed by atoms with E-state index >= 15 is 0 Å². The Morgan fingerprint density at radius 1 is 0.346 bits per heavy atom. The lowest BCUT2D eigenvalue weighted by molar-refractivity contribution is -0.0292. The number of benzene rings is 1. The van der Waals surface area contributed by atoms with Crippen LogP contribution in [0.5, 0.6) is 5.75 Å². The Hall–Kier alpha value is -3.50. The molecule has 8 N–H and O–H groups in total. The van der Waals surface area contributed by atoms with E-state index in [0.717, 1.165) is 153 Å². The Kier molecular flexibility index (Phi) is 34.6. The summed E-state index contributed by atoms with van der Waals surface area (Å²) in [6.45, 7) is 41.2. The van der Waals surface area contributed by atoms with Gasteiger partial charge in [0.2, 0.25) is 0 Å². The van der Waals surface area contributed by atoms with Gasteiger partial charge < -0.3 is 59.8 Å². The first-order valence-corrected chi connectivity index (χ1v) is 54.7. The van der Waals surface area contributed by atoms with E-state index in [9.17, 15) is 40.9 Å². The number of ether oxygens (including phenoxy) is 4. The van der Waals surface area contributed by atoms with Crippen LogP contribution in [-0.2, 0) is 14.2 Å². The number of hydrogen-bond acceptors (Lipinski definition) is 12. The zero-order chi connectivity index (χ0) is 92.9. The lowest BCUT2D eigenvalue weighted by Gasteiger charge is -2.44. The Morgan fingerprint density at radius 2 is 0.638 bits per heavy atom. The SMILES string of the molecule is CC(C)CCO[C@H](C)C1CCC2/C(=C/C=C3C[C@@H](O)C4(CC4)[C@H](O)C3)CCCC21C.CC(C)c1cccc(OC[C@H](C)C2CCC3/C(=C/C=C4C[C@@H](O)C5(CC5)[C@H](O)C4)CCCC32C)c1.CCC(CC)CCCO[C@H](C)[C@H]1CCC2/C(=C/C=C3C[C@@H](O)C4(CC4)[C@H](O)C3)CCCC21C.CCC(CC)CCO[C@H](C)[C@H]1CCC2/C(=C/C=C3C[C@@H](O)C4(CC4)[C@H](O)C3)CCCC21C. The van der Waals surface area contributed by atoms with Gasteiger partial charge in [0.1, 0.15) is 5.75 Å². The third-order valence-corrected chi connectivity index (χ3v) is 40.4. The molecule has 16 saturated carbocycles. The van der Waals surface area contributed by atoms with E-state index in [4.69, 9.17) is 18.9 Å². The summed E-state index contributed by atoms with van der Waals surface area (Å²) in [5.41, 5.74) is 13.4. The molecular formula is C118H188O12. The Morgan fingerprint density at radius 3 is 0.938 bits per heavy atom. The fourth-order valence-corrected chi connectivity index (χ4v) is 30.5. The van der Waals surface area contributed by atoms with Gasteiger partial charge in [-0.1, -0.05) is 221 Å². The second-order valence-corrected chi connectivity index (χ2v) is 48.6. The van der Waals surface area contributed by atoms with Crippen LogP contribution < -0.4 is 4.74 Å². The van der Waals surface area contributed by atoms with Crippen LogP contribution in [0.15, 0.2) is 117 Å². The number of allylic oxidation sites excluding steroid dienone is 12. The van der Waals surface area contributed by atoms with Gasteiger partial charge in [-0.05, 0) is 394 Å². The van der Waals surface area contributed by atoms with Gasteiger partial charge in [0.05, 0.1) is 73.8 Å². The summed E-state index contributed by atoms with van der Waals surface area (Å²) in [7, 11) is 0. The number of aliphatic hydroxyl groups is 8. The van der Waals surface area contributed by atoms with E-state index in [2.05, 4.69) is 184 Å². The second kappa shape index (κ2) is 43.9. The topological polar surface area (TPSA) is 199 Å². The molecule has 17 rings (SSSR count). The van der Waals surface area contributed by atoms with Crippen molar-refractivity contribution in [3.8, 4) is 5.75 Å². The molecule has 24 atom stereocenters. The zero-order valence-electron chi connectivity index (χ0n) is 84.9. The molecular weight excluding hydrogens is 1610 g/mol. The summed E-state index contributed by atoms with van der Waals surface area (Å²) in [6.07, 6.45) is 65.8. The Bertz CT molecular complexity index is 4020. The highest BCUT2D eigenvalue weighted by Crippen LogP contribution is 2.66. The number of hydrogen-bond donors (Lipinski definition) is 8. The first-order valence-electron chi connectivity index (χ1n) is 54.7. The molecule has 0 heterocycles. The molecule has 0 bridgehead atoms. The average Bonchev–Trinajstić information content (AvgIpc) is 1.60. The molecule has 1 aromatic rings. The molecule has 130 heavy (non-hydrogen) atoms. The number of fused-ring (bicyclic) bond motifs is 4. The van der Waals surface area contributed by atoms with Crippen LogP contribution >= 0.6 is 0 Å². The third kappa shape index (κ3) is 22.5. The van der Waals surface area contributed by atoms with Crippen LogP contribution in [0.25, 0.3) is 0 Å². The summed E-state index contributed by atoms with van der Waals surface area (Å²) in [4.78, 5) is 0. The Balaban J connectivity index is 0.000000140. The molecule has 0 aliphatic heterocycles. The zero-order valence-corrected chi connectivity index (χ0v) is 84.9. The van der Waals surface area contributed by atoms with E-state index in [1.807, 2.05) is 0 Å². The fraction of sp³-hybridized carbons (Fsp3) is 0.814. The molecule has 16 fully saturated rings. The van der Waals surface area contributed by atoms with Crippen LogP contribution in [0.1, 0.15) is 405 Å². The summed E-state index contributed by atoms with van der Waals surface area (Å²) >= 11 is 0. The molecule has 1 aromatic carbocycles. The predicted octanol–water partition coefficient (Wildman–Crippen LogP) is 26.5. The molecule has 16 aliphatic carbocycles. The van der Waals surface area contributed by atoms with Gasteiger partial charge in [-0.3, -0.25) is 0 Å². The highest BCUT2D eigenvalue weighted by atomic mass is 16.5. The highest BCUT2D eigenvalue weighted by Gasteiger charge is 2.62. The monoisotopic (exact) mass is 1800 g/mol. The lowest BCUT2D eigenvalue weighted by atomic mass is 9.61. The van der Waals surface area contributed by atoms with E-state index in [1.54, 1.807) is 22.3 Å². The quantitative estimate of drug-likeness (QED) is 0.0354. The van der Waals surface area contributed by atoms with Crippen molar-refractivity contribution in [3.63, 3.8) is 0 Å². The maximum atomic E-state index is 10.6. The van der Waals surface area contributed by atoms with Crippen molar-refractivity contribution >= 4 is 0 Å². The smallest absolute Gasteiger partial charge is 0.119 e. The molecule has 16 aliphatic rings. The van der Waals surface area contributed by atoms with Crippen LogP contribution in [0.2, 0.25) is 0 Å². The van der Waals surface area contributed by atoms with Crippen molar-refractivity contribution < 1.29 is 59.8 Å². The largest absolute Gasteiger partial charge is 0.493 e. The minimum absolute atomic E-state index is 0.168. The minimum Gasteiger partial charge on any atom is -0.493 e. The van der Waals surface area contributed by atoms with Crippen LogP contribution in [0.4, 0.5) is 0 Å². The van der Waals surface area contributed by atoms with Crippen molar-refractivity contribution in [2.24, 2.45) is 114 Å². The van der Waals surface area contributed by atoms with Gasteiger partial charge in [0, 0.05) is 41.5 Å². The fourth-order valence-electron chi connectivity index (χ4n) is 30.5. The molecule has 4 spiro atoms. The van der Waals surface area contributed by atoms with Crippen molar-refractivity contribution in [1.29, 1.82) is 0 Å². The van der Waals surface area contributed by atoms with Crippen LogP contribution in [0, 0.1) is 114 Å². The van der Waals surface area contributed by atoms with Gasteiger partial charge in [-0.15, -0.1) is 0 Å². The standard InChI is InChI=1S/C32H46O3.C30H50O3.C29H48O3.C27H44O3/c1-21(2)25-7-5-9-26(19-25)35-20-22(3)27-12-13-28-24(8-6-14-31(27,28)4)11-10-23-17-29(33)32(15-16-32)30(34)18-23;1-5-22(6-2)9-8-18-33-21(3)25-13-14-26-24(10-7-15-29(25,26)4)12-11-23-19-27(31)30(16-17-30)28(32)20-23;1-5-21(6-2)13-17-32-20(3)24-11-12-25-23(8-7-14-28(24,25)4)10-9-22-18-26(30)29(15-16-29)27(31)19-22;1-18(2)11-15-30-19(3)22-9-10-23-21(6-5-12-26(22,23)4)8-7-20-16-24(28)27(13-14-27)25(29)17-20/h5,7,9-11,19,21-22,27-30,33-34H,6,8,12-18,20H2,1-4H3;11-12,21-22,25-28,31-32H,5-10,13-20H2,1-4H3;9-10,20-21,24-27,30-31H,5-8,11-19H2,1-4H3;7-8,18-19,22-25,28-29H,5-6,9-17H2,1-4H3/b24-11+;24-12+;23-10+;21-8+/t22-,27?,28?,29+,30+,31?;21-,25-,26?,27-,28-,29?;20-,24-,25?,26-,27-,28?;19-,22?,23?,24-,25-,26?/m0111/s1. The average molecular weight is 1800 g/mol. The first kappa shape index (κ1) is 102. The molecule has 12 nitrogen and oxygen atoms in total. The van der Waals surface area contributed by atoms with E-state index in [0.29, 0.717) is 105 Å². The van der Waals surface area contributed by atoms with Gasteiger partial charge in [-0.25, -0.2) is 0 Å². The second-order valence-electron chi connectivity index (χ2n) is 48.6. The van der Waals surface area contributed by atoms with E-state index in [1.165, 1.54) is 201 Å². The molecule has 0 aromatic heterocycles. The minimum atomic E-state index is -0.370. The molecule has 10 unspecified atom stereocenters. The maximum Gasteiger partial charge on any atom is 0.119 e. The summed E-state index contributed by atoms with van der Waals surface area (Å²) < 4.78 is 25.5. The first-order chi connectivity index (χ1) is 62.2. The van der Waals surface area contributed by atoms with Crippen molar-refractivity contribution in [3.05, 3.63) is 123 Å². The van der Waals surface area contributed by atoms with Gasteiger partial charge in [-0.2, -0.15) is 0 Å². The van der Waals surface area contributed by atoms with Crippen LogP contribution in [0.3, 0.4) is 0 Å². The van der Waals surface area contributed by atoms with E-state index < -0.39 is 0 Å². The molecule has 12 heteroatoms. The van der Waals surface area contributed by atoms with Crippen LogP contribution in [-0.4, -0.2) is 134 Å². The molecule has 0 saturated heterocycles.